The predicted octanol–water partition coefficient (Wildman–Crippen LogP) is 2.37. The van der Waals surface area contributed by atoms with Gasteiger partial charge in [-0.25, -0.2) is 14.8 Å². The van der Waals surface area contributed by atoms with Gasteiger partial charge in [-0.3, -0.25) is 0 Å². The van der Waals surface area contributed by atoms with Crippen LogP contribution < -0.4 is 15.6 Å². The number of amides is 2. The lowest BCUT2D eigenvalue weighted by atomic mass is 10.3. The van der Waals surface area contributed by atoms with Crippen molar-refractivity contribution in [3.8, 4) is 5.75 Å². The molecule has 2 N–H and O–H groups in total. The van der Waals surface area contributed by atoms with Crippen molar-refractivity contribution in [3.63, 3.8) is 0 Å². The van der Waals surface area contributed by atoms with Gasteiger partial charge >= 0.3 is 12.2 Å². The van der Waals surface area contributed by atoms with Crippen molar-refractivity contribution in [2.24, 2.45) is 5.73 Å². The van der Waals surface area contributed by atoms with E-state index >= 15 is 0 Å². The molecule has 0 fully saturated rings. The number of hydrogen-bond donors (Lipinski definition) is 1. The molecule has 0 bridgehead atoms. The molecule has 0 aliphatic heterocycles. The van der Waals surface area contributed by atoms with E-state index in [1.54, 1.807) is 18.2 Å². The molecule has 0 aliphatic carbocycles. The van der Waals surface area contributed by atoms with Crippen molar-refractivity contribution in [1.29, 1.82) is 0 Å². The van der Waals surface area contributed by atoms with Gasteiger partial charge in [0.15, 0.2) is 5.75 Å². The van der Waals surface area contributed by atoms with Crippen LogP contribution in [0.2, 0.25) is 0 Å². The summed E-state index contributed by atoms with van der Waals surface area (Å²) in [6.07, 6.45) is -3.05. The Balaban J connectivity index is 2.20. The van der Waals surface area contributed by atoms with Gasteiger partial charge in [-0.2, -0.15) is 13.2 Å². The molecule has 0 unspecified atom stereocenters. The molecule has 0 atom stereocenters. The van der Waals surface area contributed by atoms with E-state index in [0.29, 0.717) is 10.8 Å². The number of alkyl halides is 3. The van der Waals surface area contributed by atoms with Crippen LogP contribution in [0.3, 0.4) is 0 Å². The van der Waals surface area contributed by atoms with E-state index in [-0.39, 0.29) is 5.75 Å². The van der Waals surface area contributed by atoms with Crippen LogP contribution in [0.1, 0.15) is 5.82 Å². The van der Waals surface area contributed by atoms with E-state index in [1.807, 2.05) is 0 Å². The molecule has 9 heteroatoms. The van der Waals surface area contributed by atoms with Crippen molar-refractivity contribution >= 4 is 11.7 Å². The molecule has 0 saturated carbocycles. The molecule has 1 heterocycles. The highest BCUT2D eigenvalue weighted by molar-refractivity contribution is 5.88. The van der Waals surface area contributed by atoms with Gasteiger partial charge in [-0.1, -0.05) is 18.2 Å². The molecule has 6 nitrogen and oxygen atoms in total. The number of carbonyl (C=O) groups excluding carboxylic acids is 1. The third-order valence-electron chi connectivity index (χ3n) is 2.27. The van der Waals surface area contributed by atoms with Gasteiger partial charge in [-0.15, -0.1) is 5.06 Å². The molecular formula is C12H9F3N4O2. The maximum Gasteiger partial charge on any atom is 0.451 e. The normalized spacial score (nSPS) is 11.0. The quantitative estimate of drug-likeness (QED) is 0.882. The molecule has 1 aromatic carbocycles. The zero-order chi connectivity index (χ0) is 15.5. The van der Waals surface area contributed by atoms with Crippen LogP contribution in [0.5, 0.6) is 5.75 Å². The minimum absolute atomic E-state index is 0.161. The smallest absolute Gasteiger partial charge is 0.367 e. The Morgan fingerprint density at radius 1 is 1.14 bits per heavy atom. The van der Waals surface area contributed by atoms with E-state index in [9.17, 15) is 18.0 Å². The Morgan fingerprint density at radius 2 is 1.71 bits per heavy atom. The van der Waals surface area contributed by atoms with Crippen LogP contribution in [0.25, 0.3) is 0 Å². The molecular weight excluding hydrogens is 289 g/mol. The molecule has 0 spiro atoms. The zero-order valence-electron chi connectivity index (χ0n) is 10.4. The predicted molar refractivity (Wildman–Crippen MR) is 66.2 cm³/mol. The highest BCUT2D eigenvalue weighted by Gasteiger charge is 2.34. The second kappa shape index (κ2) is 5.65. The fourth-order valence-electron chi connectivity index (χ4n) is 1.40. The lowest BCUT2D eigenvalue weighted by Gasteiger charge is -2.19. The fraction of sp³-hybridized carbons (Fsp3) is 0.0833. The fourth-order valence-corrected chi connectivity index (χ4v) is 1.40. The number of para-hydroxylation sites is 1. The number of anilines is 1. The SMILES string of the molecule is NC(=O)N(Oc1cnc(C(F)(F)F)nc1)c1ccccc1. The molecule has 21 heavy (non-hydrogen) atoms. The summed E-state index contributed by atoms with van der Waals surface area (Å²) in [7, 11) is 0. The average molecular weight is 298 g/mol. The number of nitrogens with zero attached hydrogens (tertiary/aromatic N) is 3. The molecule has 110 valence electrons. The Morgan fingerprint density at radius 3 is 2.19 bits per heavy atom. The zero-order valence-corrected chi connectivity index (χ0v) is 10.4. The highest BCUT2D eigenvalue weighted by atomic mass is 19.4. The number of benzene rings is 1. The largest absolute Gasteiger partial charge is 0.451 e. The van der Waals surface area contributed by atoms with E-state index in [0.717, 1.165) is 12.4 Å². The van der Waals surface area contributed by atoms with Gasteiger partial charge < -0.3 is 10.6 Å². The van der Waals surface area contributed by atoms with Gasteiger partial charge in [0.25, 0.3) is 0 Å². The van der Waals surface area contributed by atoms with Gasteiger partial charge in [0.2, 0.25) is 5.82 Å². The molecule has 0 aliphatic rings. The third kappa shape index (κ3) is 3.59. The van der Waals surface area contributed by atoms with Gasteiger partial charge in [-0.05, 0) is 12.1 Å². The summed E-state index contributed by atoms with van der Waals surface area (Å²) in [5.41, 5.74) is 5.47. The summed E-state index contributed by atoms with van der Waals surface area (Å²) >= 11 is 0. The summed E-state index contributed by atoms with van der Waals surface area (Å²) in [6.45, 7) is 0. The minimum atomic E-state index is -4.65. The molecule has 1 aromatic heterocycles. The number of hydroxylamine groups is 1. The molecule has 2 rings (SSSR count). The average Bonchev–Trinajstić information content (AvgIpc) is 2.45. The lowest BCUT2D eigenvalue weighted by molar-refractivity contribution is -0.145. The van der Waals surface area contributed by atoms with Crippen molar-refractivity contribution in [3.05, 3.63) is 48.5 Å². The number of primary amides is 1. The monoisotopic (exact) mass is 298 g/mol. The van der Waals surface area contributed by atoms with Crippen LogP contribution in [0, 0.1) is 0 Å². The van der Waals surface area contributed by atoms with Crippen molar-refractivity contribution < 1.29 is 22.8 Å². The summed E-state index contributed by atoms with van der Waals surface area (Å²) in [5, 5.41) is 0.714. The Bertz CT molecular complexity index is 617. The van der Waals surface area contributed by atoms with Crippen molar-refractivity contribution in [2.45, 2.75) is 6.18 Å². The standard InChI is InChI=1S/C12H9F3N4O2/c13-12(14,15)10-17-6-9(7-18-10)21-19(11(16)20)8-4-2-1-3-5-8/h1-7H,(H2,16,20). The minimum Gasteiger partial charge on any atom is -0.367 e. The Labute approximate surface area is 116 Å². The van der Waals surface area contributed by atoms with Crippen LogP contribution in [0.4, 0.5) is 23.7 Å². The van der Waals surface area contributed by atoms with Gasteiger partial charge in [0.05, 0.1) is 18.1 Å². The highest BCUT2D eigenvalue weighted by Crippen LogP contribution is 2.26. The number of rotatable bonds is 3. The summed E-state index contributed by atoms with van der Waals surface area (Å²) in [5.74, 6) is -1.47. The van der Waals surface area contributed by atoms with Gasteiger partial charge in [0.1, 0.15) is 0 Å². The number of hydrogen-bond acceptors (Lipinski definition) is 4. The second-order valence-electron chi connectivity index (χ2n) is 3.80. The first kappa shape index (κ1) is 14.6. The maximum absolute atomic E-state index is 12.3. The lowest BCUT2D eigenvalue weighted by Crippen LogP contribution is -2.38. The van der Waals surface area contributed by atoms with E-state index in [4.69, 9.17) is 10.6 Å². The van der Waals surface area contributed by atoms with Crippen LogP contribution in [0.15, 0.2) is 42.7 Å². The number of urea groups is 1. The topological polar surface area (TPSA) is 81.3 Å². The molecule has 2 amide bonds. The van der Waals surface area contributed by atoms with E-state index in [2.05, 4.69) is 9.97 Å². The number of carbonyl (C=O) groups is 1. The van der Waals surface area contributed by atoms with Crippen LogP contribution in [-0.4, -0.2) is 16.0 Å². The Kier molecular flexibility index (Phi) is 3.92. The van der Waals surface area contributed by atoms with Crippen LogP contribution in [-0.2, 0) is 6.18 Å². The first-order valence-corrected chi connectivity index (χ1v) is 5.60. The second-order valence-corrected chi connectivity index (χ2v) is 3.80. The summed E-state index contributed by atoms with van der Waals surface area (Å²) in [6, 6.07) is 7.12. The number of halogens is 3. The third-order valence-corrected chi connectivity index (χ3v) is 2.27. The Hall–Kier alpha value is -2.84. The van der Waals surface area contributed by atoms with Crippen molar-refractivity contribution in [2.75, 3.05) is 5.06 Å². The number of nitrogens with two attached hydrogens (primary N) is 1. The van der Waals surface area contributed by atoms with Gasteiger partial charge in [0, 0.05) is 0 Å². The van der Waals surface area contributed by atoms with Crippen LogP contribution >= 0.6 is 0 Å². The first-order chi connectivity index (χ1) is 9.88. The maximum atomic E-state index is 12.3. The summed E-state index contributed by atoms with van der Waals surface area (Å²) in [4.78, 5) is 22.7. The summed E-state index contributed by atoms with van der Waals surface area (Å²) < 4.78 is 37.0. The first-order valence-electron chi connectivity index (χ1n) is 5.60. The molecule has 2 aromatic rings. The van der Waals surface area contributed by atoms with E-state index < -0.39 is 18.0 Å². The van der Waals surface area contributed by atoms with E-state index in [1.165, 1.54) is 12.1 Å². The van der Waals surface area contributed by atoms with Crippen molar-refractivity contribution in [1.82, 2.24) is 9.97 Å². The number of aromatic nitrogens is 2. The molecule has 0 saturated heterocycles. The molecule has 0 radical (unpaired) electrons.